The number of hydrogen-bond donors (Lipinski definition) is 0. The van der Waals surface area contributed by atoms with Crippen LogP contribution in [0.3, 0.4) is 0 Å². The lowest BCUT2D eigenvalue weighted by Gasteiger charge is -2.24. The van der Waals surface area contributed by atoms with Crippen molar-refractivity contribution in [2.75, 3.05) is 0 Å². The maximum absolute atomic E-state index is 2.53. The van der Waals surface area contributed by atoms with Gasteiger partial charge in [0.15, 0.2) is 0 Å². The van der Waals surface area contributed by atoms with Crippen molar-refractivity contribution in [3.8, 4) is 22.3 Å². The van der Waals surface area contributed by atoms with Crippen LogP contribution in [0.1, 0.15) is 23.5 Å². The Morgan fingerprint density at radius 2 is 1.08 bits per heavy atom. The molecule has 0 saturated carbocycles. The minimum atomic E-state index is 0.367. The van der Waals surface area contributed by atoms with E-state index in [0.29, 0.717) is 5.92 Å². The van der Waals surface area contributed by atoms with Crippen LogP contribution in [0.4, 0.5) is 0 Å². The highest BCUT2D eigenvalue weighted by Gasteiger charge is 2.32. The molecule has 1 aliphatic heterocycles. The Labute approximate surface area is 299 Å². The first-order valence-electron chi connectivity index (χ1n) is 17.3. The van der Waals surface area contributed by atoms with Crippen LogP contribution in [0.2, 0.25) is 0 Å². The van der Waals surface area contributed by atoms with Gasteiger partial charge in [0.25, 0.3) is 0 Å². The van der Waals surface area contributed by atoms with Gasteiger partial charge in [0.2, 0.25) is 0 Å². The summed E-state index contributed by atoms with van der Waals surface area (Å²) < 4.78 is 2.77. The maximum atomic E-state index is 2.53. The van der Waals surface area contributed by atoms with Gasteiger partial charge < -0.3 is 0 Å². The molecule has 2 heteroatoms. The molecule has 50 heavy (non-hydrogen) atoms. The Balaban J connectivity index is 1.05. The van der Waals surface area contributed by atoms with Crippen LogP contribution in [0.25, 0.3) is 80.3 Å². The molecular weight excluding hydrogens is 641 g/mol. The normalized spacial score (nSPS) is 15.5. The summed E-state index contributed by atoms with van der Waals surface area (Å²) in [5, 5.41) is 10.7. The second-order valence-electron chi connectivity index (χ2n) is 13.6. The molecule has 1 unspecified atom stereocenters. The molecule has 2 heterocycles. The Bertz CT molecular complexity index is 2850. The van der Waals surface area contributed by atoms with Crippen molar-refractivity contribution < 1.29 is 0 Å². The lowest BCUT2D eigenvalue weighted by molar-refractivity contribution is 0.854. The van der Waals surface area contributed by atoms with E-state index in [1.807, 2.05) is 23.1 Å². The molecule has 1 aliphatic carbocycles. The predicted octanol–water partition coefficient (Wildman–Crippen LogP) is 14.4. The van der Waals surface area contributed by atoms with Gasteiger partial charge in [-0.1, -0.05) is 157 Å². The molecule has 0 saturated heterocycles. The van der Waals surface area contributed by atoms with Gasteiger partial charge in [0.1, 0.15) is 0 Å². The van der Waals surface area contributed by atoms with E-state index in [4.69, 9.17) is 0 Å². The Morgan fingerprint density at radius 1 is 0.460 bits per heavy atom. The summed E-state index contributed by atoms with van der Waals surface area (Å²) in [6, 6.07) is 56.4. The average Bonchev–Trinajstić information content (AvgIpc) is 3.74. The number of benzene rings is 8. The molecule has 11 rings (SSSR count). The third-order valence-electron chi connectivity index (χ3n) is 10.8. The van der Waals surface area contributed by atoms with Crippen LogP contribution in [-0.4, -0.2) is 0 Å². The van der Waals surface area contributed by atoms with Crippen molar-refractivity contribution in [3.63, 3.8) is 0 Å². The molecule has 0 fully saturated rings. The monoisotopic (exact) mass is 670 g/mol. The number of rotatable bonds is 3. The lowest BCUT2D eigenvalue weighted by Crippen LogP contribution is -2.03. The van der Waals surface area contributed by atoms with Gasteiger partial charge in [-0.2, -0.15) is 0 Å². The third kappa shape index (κ3) is 4.25. The molecule has 8 aromatic carbocycles. The highest BCUT2D eigenvalue weighted by molar-refractivity contribution is 8.03. The highest BCUT2D eigenvalue weighted by Crippen LogP contribution is 2.56. The van der Waals surface area contributed by atoms with Crippen LogP contribution in [0, 0.1) is 0 Å². The zero-order valence-corrected chi connectivity index (χ0v) is 28.8. The summed E-state index contributed by atoms with van der Waals surface area (Å²) in [5.74, 6) is 0.367. The molecule has 9 aromatic rings. The molecule has 0 spiro atoms. The fourth-order valence-electron chi connectivity index (χ4n) is 8.53. The van der Waals surface area contributed by atoms with Gasteiger partial charge in [-0.05, 0) is 101 Å². The second kappa shape index (κ2) is 11.1. The van der Waals surface area contributed by atoms with Crippen molar-refractivity contribution in [2.45, 2.75) is 17.2 Å². The minimum absolute atomic E-state index is 0.367. The number of fused-ring (bicyclic) bond motifs is 10. The van der Waals surface area contributed by atoms with E-state index < -0.39 is 0 Å². The highest BCUT2D eigenvalue weighted by atomic mass is 32.2. The molecular formula is C48H30S2. The molecule has 1 aromatic heterocycles. The van der Waals surface area contributed by atoms with Crippen molar-refractivity contribution in [1.29, 1.82) is 0 Å². The van der Waals surface area contributed by atoms with Gasteiger partial charge in [-0.25, -0.2) is 0 Å². The first-order chi connectivity index (χ1) is 24.8. The summed E-state index contributed by atoms with van der Waals surface area (Å²) in [5.41, 5.74) is 9.33. The molecule has 0 bridgehead atoms. The summed E-state index contributed by atoms with van der Waals surface area (Å²) >= 11 is 3.90. The van der Waals surface area contributed by atoms with E-state index in [-0.39, 0.29) is 0 Å². The molecule has 0 N–H and O–H groups in total. The van der Waals surface area contributed by atoms with Crippen LogP contribution in [-0.2, 0) is 0 Å². The van der Waals surface area contributed by atoms with Gasteiger partial charge in [-0.15, -0.1) is 11.3 Å². The zero-order valence-electron chi connectivity index (χ0n) is 27.2. The first-order valence-corrected chi connectivity index (χ1v) is 19.0. The standard InChI is InChI=1S/C48H30S2/c1-2-10-29(11-3-1)30-18-20-31(21-19-30)46-35-13-4-6-15-37(35)47(38-16-7-5-14-36(38)46)33-23-25-44-41(26-33)42-28-40-32(27-45(42)49-44)22-24-39-34-12-8-9-17-43(34)50-48(39)40/h1-25,27-28,41H,26H2. The molecule has 1 atom stereocenters. The summed E-state index contributed by atoms with van der Waals surface area (Å²) in [6.07, 6.45) is 5.82. The maximum Gasteiger partial charge on any atom is 0.0433 e. The quantitative estimate of drug-likeness (QED) is 0.169. The SMILES string of the molecule is C1=C(c2c3ccccc3c(-c3ccc(-c4ccccc4)cc3)c3ccccc23)CC2C(=C1)Sc1cc3ccc4c5ccccc5sc4c3cc12. The smallest absolute Gasteiger partial charge is 0.0433 e. The van der Waals surface area contributed by atoms with Crippen molar-refractivity contribution in [2.24, 2.45) is 0 Å². The Morgan fingerprint density at radius 3 is 1.82 bits per heavy atom. The Kier molecular flexibility index (Phi) is 6.28. The van der Waals surface area contributed by atoms with Crippen LogP contribution < -0.4 is 0 Å². The third-order valence-corrected chi connectivity index (χ3v) is 13.3. The van der Waals surface area contributed by atoms with Gasteiger partial charge >= 0.3 is 0 Å². The summed E-state index contributed by atoms with van der Waals surface area (Å²) in [6.45, 7) is 0. The van der Waals surface area contributed by atoms with Crippen molar-refractivity contribution >= 4 is 81.2 Å². The van der Waals surface area contributed by atoms with E-state index in [0.717, 1.165) is 6.42 Å². The molecule has 2 aliphatic rings. The number of hydrogen-bond acceptors (Lipinski definition) is 2. The van der Waals surface area contributed by atoms with Crippen LogP contribution in [0.5, 0.6) is 0 Å². The largest absolute Gasteiger partial charge is 0.135 e. The van der Waals surface area contributed by atoms with Crippen molar-refractivity contribution in [3.05, 3.63) is 180 Å². The number of allylic oxidation sites excluding steroid dienone is 4. The van der Waals surface area contributed by atoms with E-state index in [1.54, 1.807) is 0 Å². The molecule has 0 radical (unpaired) electrons. The predicted molar refractivity (Wildman–Crippen MR) is 218 cm³/mol. The minimum Gasteiger partial charge on any atom is -0.135 e. The lowest BCUT2D eigenvalue weighted by atomic mass is 9.80. The first kappa shape index (κ1) is 28.4. The fourth-order valence-corrected chi connectivity index (χ4v) is 11.0. The second-order valence-corrected chi connectivity index (χ2v) is 15.7. The summed E-state index contributed by atoms with van der Waals surface area (Å²) in [7, 11) is 0. The van der Waals surface area contributed by atoms with E-state index in [1.165, 1.54) is 101 Å². The number of thioether (sulfide) groups is 1. The van der Waals surface area contributed by atoms with Crippen LogP contribution in [0.15, 0.2) is 174 Å². The van der Waals surface area contributed by atoms with Crippen molar-refractivity contribution in [1.82, 2.24) is 0 Å². The number of thiophene rings is 1. The fraction of sp³-hybridized carbons (Fsp3) is 0.0417. The topological polar surface area (TPSA) is 0 Å². The van der Waals surface area contributed by atoms with E-state index in [9.17, 15) is 0 Å². The average molecular weight is 671 g/mol. The van der Waals surface area contributed by atoms with Crippen LogP contribution >= 0.6 is 23.1 Å². The molecule has 0 nitrogen and oxygen atoms in total. The zero-order chi connectivity index (χ0) is 32.8. The van der Waals surface area contributed by atoms with E-state index >= 15 is 0 Å². The Hall–Kier alpha value is -5.41. The summed E-state index contributed by atoms with van der Waals surface area (Å²) in [4.78, 5) is 2.88. The molecule has 0 amide bonds. The van der Waals surface area contributed by atoms with Gasteiger partial charge in [0.05, 0.1) is 0 Å². The van der Waals surface area contributed by atoms with Gasteiger partial charge in [0, 0.05) is 31.0 Å². The van der Waals surface area contributed by atoms with Gasteiger partial charge in [-0.3, -0.25) is 0 Å². The molecule has 234 valence electrons. The van der Waals surface area contributed by atoms with E-state index in [2.05, 4.69) is 164 Å².